The molecular formula is C22H26Cl2N2O2. The first kappa shape index (κ1) is 18.7. The van der Waals surface area contributed by atoms with E-state index in [1.807, 2.05) is 0 Å². The van der Waals surface area contributed by atoms with Gasteiger partial charge >= 0.3 is 0 Å². The predicted molar refractivity (Wildman–Crippen MR) is 109 cm³/mol. The van der Waals surface area contributed by atoms with Crippen molar-refractivity contribution < 1.29 is 9.59 Å². The number of hydrogen-bond acceptors (Lipinski definition) is 2. The Labute approximate surface area is 175 Å². The van der Waals surface area contributed by atoms with Crippen molar-refractivity contribution in [1.29, 1.82) is 0 Å². The fraction of sp³-hybridized carbons (Fsp3) is 0.636. The lowest BCUT2D eigenvalue weighted by Crippen LogP contribution is -2.58. The lowest BCUT2D eigenvalue weighted by molar-refractivity contribution is -0.128. The highest BCUT2D eigenvalue weighted by Gasteiger charge is 2.49. The van der Waals surface area contributed by atoms with Crippen molar-refractivity contribution in [1.82, 2.24) is 10.2 Å². The maximum Gasteiger partial charge on any atom is 0.254 e. The smallest absolute Gasteiger partial charge is 0.254 e. The monoisotopic (exact) mass is 420 g/mol. The number of carbonyl (C=O) groups is 2. The van der Waals surface area contributed by atoms with Gasteiger partial charge in [0.25, 0.3) is 5.91 Å². The highest BCUT2D eigenvalue weighted by molar-refractivity contribution is 6.42. The quantitative estimate of drug-likeness (QED) is 0.779. The molecule has 1 aromatic rings. The van der Waals surface area contributed by atoms with Gasteiger partial charge in [-0.3, -0.25) is 9.59 Å². The van der Waals surface area contributed by atoms with Gasteiger partial charge in [-0.05, 0) is 86.8 Å². The van der Waals surface area contributed by atoms with E-state index >= 15 is 0 Å². The number of benzene rings is 1. The molecule has 5 fully saturated rings. The molecule has 2 amide bonds. The summed E-state index contributed by atoms with van der Waals surface area (Å²) in [7, 11) is 0. The minimum absolute atomic E-state index is 0.0309. The first-order valence-corrected chi connectivity index (χ1v) is 11.3. The summed E-state index contributed by atoms with van der Waals surface area (Å²) in [4.78, 5) is 27.9. The van der Waals surface area contributed by atoms with Crippen molar-refractivity contribution in [2.24, 2.45) is 23.7 Å². The van der Waals surface area contributed by atoms with Crippen LogP contribution in [0.25, 0.3) is 0 Å². The molecule has 1 heterocycles. The molecule has 6 rings (SSSR count). The first-order chi connectivity index (χ1) is 13.5. The largest absolute Gasteiger partial charge is 0.351 e. The SMILES string of the molecule is O=C(NC1C2CC3CC(C2)CC1C3)C1CCCN1C(=O)c1ccc(Cl)c(Cl)c1. The Morgan fingerprint density at radius 1 is 0.964 bits per heavy atom. The second-order valence-corrected chi connectivity index (χ2v) is 10.1. The molecule has 6 heteroatoms. The lowest BCUT2D eigenvalue weighted by atomic mass is 9.54. The fourth-order valence-electron chi connectivity index (χ4n) is 6.50. The Hall–Kier alpha value is -1.26. The van der Waals surface area contributed by atoms with E-state index in [1.54, 1.807) is 23.1 Å². The van der Waals surface area contributed by atoms with E-state index in [4.69, 9.17) is 23.2 Å². The standard InChI is InChI=1S/C22H26Cl2N2O2/c23-17-4-3-14(11-18(17)24)22(28)26-5-1-2-19(26)21(27)25-20-15-7-12-6-13(9-15)10-16(20)8-12/h3-4,11-13,15-16,19-20H,1-2,5-10H2,(H,25,27). The number of hydrogen-bond donors (Lipinski definition) is 1. The van der Waals surface area contributed by atoms with Crippen molar-refractivity contribution in [2.45, 2.75) is 57.0 Å². The van der Waals surface area contributed by atoms with E-state index in [1.165, 1.54) is 32.1 Å². The third-order valence-corrected chi connectivity index (χ3v) is 8.26. The second kappa shape index (κ2) is 7.21. The Balaban J connectivity index is 1.29. The van der Waals surface area contributed by atoms with E-state index in [0.29, 0.717) is 40.0 Å². The molecular weight excluding hydrogens is 395 g/mol. The zero-order chi connectivity index (χ0) is 19.4. The van der Waals surface area contributed by atoms with Gasteiger partial charge in [0.05, 0.1) is 10.0 Å². The van der Waals surface area contributed by atoms with Crippen LogP contribution in [0.2, 0.25) is 10.0 Å². The van der Waals surface area contributed by atoms with Crippen molar-refractivity contribution in [3.05, 3.63) is 33.8 Å². The maximum absolute atomic E-state index is 13.2. The van der Waals surface area contributed by atoms with Crippen LogP contribution in [0.3, 0.4) is 0 Å². The maximum atomic E-state index is 13.2. The third-order valence-electron chi connectivity index (χ3n) is 7.52. The van der Waals surface area contributed by atoms with E-state index < -0.39 is 0 Å². The number of amides is 2. The molecule has 1 unspecified atom stereocenters. The summed E-state index contributed by atoms with van der Waals surface area (Å²) in [6, 6.07) is 4.84. The molecule has 4 nitrogen and oxygen atoms in total. The summed E-state index contributed by atoms with van der Waals surface area (Å²) >= 11 is 12.1. The minimum atomic E-state index is -0.376. The molecule has 0 radical (unpaired) electrons. The predicted octanol–water partition coefficient (Wildman–Crippen LogP) is 4.54. The summed E-state index contributed by atoms with van der Waals surface area (Å²) in [6.45, 7) is 0.610. The number of likely N-dealkylation sites (tertiary alicyclic amines) is 1. The normalized spacial score (nSPS) is 36.0. The first-order valence-electron chi connectivity index (χ1n) is 10.6. The van der Waals surface area contributed by atoms with Crippen LogP contribution in [-0.4, -0.2) is 35.3 Å². The molecule has 28 heavy (non-hydrogen) atoms. The number of nitrogens with zero attached hydrogens (tertiary/aromatic N) is 1. The zero-order valence-electron chi connectivity index (χ0n) is 15.9. The molecule has 0 spiro atoms. The summed E-state index contributed by atoms with van der Waals surface area (Å²) in [6.07, 6.45) is 8.08. The van der Waals surface area contributed by atoms with Gasteiger partial charge in [-0.15, -0.1) is 0 Å². The molecule has 150 valence electrons. The molecule has 1 aromatic carbocycles. The Morgan fingerprint density at radius 3 is 2.29 bits per heavy atom. The van der Waals surface area contributed by atoms with Gasteiger partial charge < -0.3 is 10.2 Å². The van der Waals surface area contributed by atoms with Crippen molar-refractivity contribution in [3.8, 4) is 0 Å². The molecule has 0 aromatic heterocycles. The molecule has 4 aliphatic carbocycles. The highest BCUT2D eigenvalue weighted by atomic mass is 35.5. The molecule has 1 N–H and O–H groups in total. The fourth-order valence-corrected chi connectivity index (χ4v) is 6.80. The van der Waals surface area contributed by atoms with Crippen LogP contribution in [0.15, 0.2) is 18.2 Å². The summed E-state index contributed by atoms with van der Waals surface area (Å²) < 4.78 is 0. The number of rotatable bonds is 3. The third kappa shape index (κ3) is 3.23. The Kier molecular flexibility index (Phi) is 4.83. The number of nitrogens with one attached hydrogen (secondary N) is 1. The van der Waals surface area contributed by atoms with Crippen molar-refractivity contribution >= 4 is 35.0 Å². The van der Waals surface area contributed by atoms with Crippen LogP contribution in [0.5, 0.6) is 0 Å². The van der Waals surface area contributed by atoms with Crippen LogP contribution in [-0.2, 0) is 4.79 Å². The topological polar surface area (TPSA) is 49.4 Å². The second-order valence-electron chi connectivity index (χ2n) is 9.25. The number of halogens is 2. The van der Waals surface area contributed by atoms with Gasteiger partial charge in [0.2, 0.25) is 5.91 Å². The molecule has 1 atom stereocenters. The van der Waals surface area contributed by atoms with E-state index in [0.717, 1.165) is 24.7 Å². The van der Waals surface area contributed by atoms with Crippen LogP contribution < -0.4 is 5.32 Å². The van der Waals surface area contributed by atoms with Gasteiger partial charge in [-0.2, -0.15) is 0 Å². The van der Waals surface area contributed by atoms with Crippen LogP contribution in [0.1, 0.15) is 55.3 Å². The van der Waals surface area contributed by atoms with Gasteiger partial charge in [-0.1, -0.05) is 23.2 Å². The van der Waals surface area contributed by atoms with Crippen LogP contribution in [0.4, 0.5) is 0 Å². The molecule has 4 saturated carbocycles. The van der Waals surface area contributed by atoms with Crippen LogP contribution >= 0.6 is 23.2 Å². The Bertz CT molecular complexity index is 784. The zero-order valence-corrected chi connectivity index (χ0v) is 17.4. The lowest BCUT2D eigenvalue weighted by Gasteiger charge is -2.54. The average Bonchev–Trinajstić information content (AvgIpc) is 3.15. The highest BCUT2D eigenvalue weighted by Crippen LogP contribution is 2.53. The van der Waals surface area contributed by atoms with E-state index in [2.05, 4.69) is 5.32 Å². The summed E-state index contributed by atoms with van der Waals surface area (Å²) in [5.74, 6) is 2.94. The van der Waals surface area contributed by atoms with Gasteiger partial charge in [0, 0.05) is 18.2 Å². The molecule has 5 aliphatic rings. The van der Waals surface area contributed by atoms with E-state index in [9.17, 15) is 9.59 Å². The summed E-state index contributed by atoms with van der Waals surface area (Å²) in [5, 5.41) is 4.17. The van der Waals surface area contributed by atoms with Gasteiger partial charge in [0.1, 0.15) is 6.04 Å². The minimum Gasteiger partial charge on any atom is -0.351 e. The van der Waals surface area contributed by atoms with E-state index in [-0.39, 0.29) is 17.9 Å². The van der Waals surface area contributed by atoms with Crippen molar-refractivity contribution in [2.75, 3.05) is 6.54 Å². The average molecular weight is 421 g/mol. The molecule has 1 saturated heterocycles. The Morgan fingerprint density at radius 2 is 1.64 bits per heavy atom. The molecule has 1 aliphatic heterocycles. The molecule has 4 bridgehead atoms. The number of carbonyl (C=O) groups excluding carboxylic acids is 2. The van der Waals surface area contributed by atoms with Gasteiger partial charge in [-0.25, -0.2) is 0 Å². The summed E-state index contributed by atoms with van der Waals surface area (Å²) in [5.41, 5.74) is 0.490. The van der Waals surface area contributed by atoms with Crippen molar-refractivity contribution in [3.63, 3.8) is 0 Å². The van der Waals surface area contributed by atoms with Crippen LogP contribution in [0, 0.1) is 23.7 Å². The van der Waals surface area contributed by atoms with Gasteiger partial charge in [0.15, 0.2) is 0 Å².